The molecule has 25 heavy (non-hydrogen) atoms. The minimum atomic E-state index is -1.12. The number of nitrogens with one attached hydrogen (secondary N) is 1. The lowest BCUT2D eigenvalue weighted by Gasteiger charge is -2.34. The van der Waals surface area contributed by atoms with Gasteiger partial charge in [-0.2, -0.15) is 0 Å². The molecule has 1 N–H and O–H groups in total. The van der Waals surface area contributed by atoms with E-state index in [1.165, 1.54) is 12.1 Å². The van der Waals surface area contributed by atoms with Crippen molar-refractivity contribution in [3.05, 3.63) is 22.2 Å². The lowest BCUT2D eigenvalue weighted by atomic mass is 9.68. The molecule has 1 aliphatic heterocycles. The molecule has 0 spiro atoms. The summed E-state index contributed by atoms with van der Waals surface area (Å²) >= 11 is 0. The molecule has 1 amide bonds. The SMILES string of the molecule is CC1(C)C2CCC1(C(=O)Nc1cc3c(cc1[N+](=O)[O-])OCO3)C(=O)C2. The van der Waals surface area contributed by atoms with Crippen molar-refractivity contribution in [2.24, 2.45) is 16.7 Å². The van der Waals surface area contributed by atoms with Crippen LogP contribution in [0.5, 0.6) is 11.5 Å². The van der Waals surface area contributed by atoms with Gasteiger partial charge in [-0.3, -0.25) is 19.7 Å². The van der Waals surface area contributed by atoms with Crippen LogP contribution in [0.4, 0.5) is 11.4 Å². The molecule has 1 heterocycles. The third kappa shape index (κ3) is 1.93. The van der Waals surface area contributed by atoms with Gasteiger partial charge >= 0.3 is 0 Å². The molecular formula is C17H18N2O6. The van der Waals surface area contributed by atoms with Crippen molar-refractivity contribution < 1.29 is 24.0 Å². The molecule has 2 saturated carbocycles. The van der Waals surface area contributed by atoms with Gasteiger partial charge < -0.3 is 14.8 Å². The number of fused-ring (bicyclic) bond motifs is 3. The molecule has 1 aromatic carbocycles. The summed E-state index contributed by atoms with van der Waals surface area (Å²) < 4.78 is 10.4. The molecule has 8 nitrogen and oxygen atoms in total. The Labute approximate surface area is 143 Å². The largest absolute Gasteiger partial charge is 0.454 e. The number of hydrogen-bond donors (Lipinski definition) is 1. The van der Waals surface area contributed by atoms with Crippen LogP contribution in [-0.4, -0.2) is 23.4 Å². The first-order valence-corrected chi connectivity index (χ1v) is 8.20. The van der Waals surface area contributed by atoms with Crippen molar-refractivity contribution in [2.45, 2.75) is 33.1 Å². The quantitative estimate of drug-likeness (QED) is 0.512. The summed E-state index contributed by atoms with van der Waals surface area (Å²) in [5, 5.41) is 14.0. The summed E-state index contributed by atoms with van der Waals surface area (Å²) in [5.41, 5.74) is -1.85. The number of nitro groups is 1. The summed E-state index contributed by atoms with van der Waals surface area (Å²) in [6.45, 7) is 3.84. The van der Waals surface area contributed by atoms with Crippen molar-refractivity contribution in [1.82, 2.24) is 0 Å². The Morgan fingerprint density at radius 2 is 2.00 bits per heavy atom. The first-order chi connectivity index (χ1) is 11.8. The highest BCUT2D eigenvalue weighted by Crippen LogP contribution is 2.64. The minimum Gasteiger partial charge on any atom is -0.454 e. The van der Waals surface area contributed by atoms with Gasteiger partial charge in [-0.15, -0.1) is 0 Å². The summed E-state index contributed by atoms with van der Waals surface area (Å²) in [6, 6.07) is 2.61. The van der Waals surface area contributed by atoms with Crippen LogP contribution in [0.1, 0.15) is 33.1 Å². The summed E-state index contributed by atoms with van der Waals surface area (Å²) in [7, 11) is 0. The van der Waals surface area contributed by atoms with E-state index >= 15 is 0 Å². The number of Topliss-reactive ketones (excluding diaryl/α,β-unsaturated/α-hetero) is 1. The van der Waals surface area contributed by atoms with E-state index in [1.807, 2.05) is 13.8 Å². The molecule has 2 atom stereocenters. The van der Waals surface area contributed by atoms with Crippen LogP contribution in [0.2, 0.25) is 0 Å². The molecule has 2 bridgehead atoms. The average Bonchev–Trinajstić information content (AvgIpc) is 3.15. The van der Waals surface area contributed by atoms with Gasteiger partial charge in [0.25, 0.3) is 5.69 Å². The van der Waals surface area contributed by atoms with Crippen molar-refractivity contribution >= 4 is 23.1 Å². The van der Waals surface area contributed by atoms with Gasteiger partial charge in [0.15, 0.2) is 11.5 Å². The monoisotopic (exact) mass is 346 g/mol. The molecule has 8 heteroatoms. The normalized spacial score (nSPS) is 28.2. The summed E-state index contributed by atoms with van der Waals surface area (Å²) in [6.07, 6.45) is 1.69. The number of benzene rings is 1. The Hall–Kier alpha value is -2.64. The Balaban J connectivity index is 1.72. The number of carbonyl (C=O) groups is 2. The maximum Gasteiger partial charge on any atom is 0.296 e. The number of nitrogens with zero attached hydrogens (tertiary/aromatic N) is 1. The maximum atomic E-state index is 13.1. The highest BCUT2D eigenvalue weighted by Gasteiger charge is 2.68. The van der Waals surface area contributed by atoms with Crippen LogP contribution in [0.15, 0.2) is 12.1 Å². The highest BCUT2D eigenvalue weighted by atomic mass is 16.7. The molecular weight excluding hydrogens is 328 g/mol. The van der Waals surface area contributed by atoms with Crippen molar-refractivity contribution in [2.75, 3.05) is 12.1 Å². The number of hydrogen-bond acceptors (Lipinski definition) is 6. The molecule has 2 unspecified atom stereocenters. The lowest BCUT2D eigenvalue weighted by Crippen LogP contribution is -2.46. The van der Waals surface area contributed by atoms with E-state index in [0.717, 1.165) is 6.42 Å². The summed E-state index contributed by atoms with van der Waals surface area (Å²) in [4.78, 5) is 36.4. The zero-order chi connectivity index (χ0) is 18.0. The van der Waals surface area contributed by atoms with E-state index in [4.69, 9.17) is 9.47 Å². The molecule has 2 aliphatic carbocycles. The van der Waals surface area contributed by atoms with E-state index in [2.05, 4.69) is 5.32 Å². The number of nitro benzene ring substituents is 1. The van der Waals surface area contributed by atoms with Crippen molar-refractivity contribution in [3.63, 3.8) is 0 Å². The smallest absolute Gasteiger partial charge is 0.296 e. The van der Waals surface area contributed by atoms with Gasteiger partial charge in [-0.05, 0) is 24.2 Å². The first kappa shape index (κ1) is 15.9. The van der Waals surface area contributed by atoms with Gasteiger partial charge in [0.05, 0.1) is 11.0 Å². The first-order valence-electron chi connectivity index (χ1n) is 8.20. The van der Waals surface area contributed by atoms with Gasteiger partial charge in [0.1, 0.15) is 16.9 Å². The van der Waals surface area contributed by atoms with Crippen molar-refractivity contribution in [3.8, 4) is 11.5 Å². The van der Waals surface area contributed by atoms with E-state index in [0.29, 0.717) is 18.6 Å². The second-order valence-electron chi connectivity index (χ2n) is 7.42. The minimum absolute atomic E-state index is 0.0209. The molecule has 0 aromatic heterocycles. The van der Waals surface area contributed by atoms with E-state index in [1.54, 1.807) is 0 Å². The zero-order valence-corrected chi connectivity index (χ0v) is 14.0. The fourth-order valence-corrected chi connectivity index (χ4v) is 4.62. The standard InChI is InChI=1S/C17H18N2O6/c1-16(2)9-3-4-17(16,14(20)5-9)15(21)18-10-6-12-13(25-8-24-12)7-11(10)19(22)23/h6-7,9H,3-5,8H2,1-2H3,(H,18,21). The average molecular weight is 346 g/mol. The second-order valence-corrected chi connectivity index (χ2v) is 7.42. The van der Waals surface area contributed by atoms with E-state index in [-0.39, 0.29) is 35.6 Å². The number of carbonyl (C=O) groups excluding carboxylic acids is 2. The van der Waals surface area contributed by atoms with E-state index < -0.39 is 21.7 Å². The predicted molar refractivity (Wildman–Crippen MR) is 86.4 cm³/mol. The molecule has 132 valence electrons. The zero-order valence-electron chi connectivity index (χ0n) is 14.0. The van der Waals surface area contributed by atoms with Gasteiger partial charge in [-0.1, -0.05) is 13.8 Å². The molecule has 0 saturated heterocycles. The molecule has 2 fully saturated rings. The molecule has 3 aliphatic rings. The number of rotatable bonds is 3. The van der Waals surface area contributed by atoms with Crippen LogP contribution in [-0.2, 0) is 9.59 Å². The Morgan fingerprint density at radius 1 is 1.32 bits per heavy atom. The van der Waals surface area contributed by atoms with Crippen LogP contribution < -0.4 is 14.8 Å². The number of amides is 1. The van der Waals surface area contributed by atoms with Crippen LogP contribution >= 0.6 is 0 Å². The Morgan fingerprint density at radius 3 is 2.56 bits per heavy atom. The fraction of sp³-hybridized carbons (Fsp3) is 0.529. The highest BCUT2D eigenvalue weighted by molar-refractivity contribution is 6.14. The third-order valence-corrected chi connectivity index (χ3v) is 6.22. The second kappa shape index (κ2) is 4.93. The lowest BCUT2D eigenvalue weighted by molar-refractivity contribution is -0.384. The topological polar surface area (TPSA) is 108 Å². The van der Waals surface area contributed by atoms with E-state index in [9.17, 15) is 19.7 Å². The third-order valence-electron chi connectivity index (χ3n) is 6.22. The van der Waals surface area contributed by atoms with Crippen LogP contribution in [0.3, 0.4) is 0 Å². The summed E-state index contributed by atoms with van der Waals surface area (Å²) in [5.74, 6) is 0.234. The Bertz CT molecular complexity index is 818. The predicted octanol–water partition coefficient (Wildman–Crippen LogP) is 2.66. The Kier molecular flexibility index (Phi) is 3.13. The molecule has 1 aromatic rings. The fourth-order valence-electron chi connectivity index (χ4n) is 4.62. The number of ketones is 1. The van der Waals surface area contributed by atoms with Crippen LogP contribution in [0.25, 0.3) is 0 Å². The number of ether oxygens (including phenoxy) is 2. The number of anilines is 1. The van der Waals surface area contributed by atoms with Crippen LogP contribution in [0, 0.1) is 26.9 Å². The van der Waals surface area contributed by atoms with Gasteiger partial charge in [0, 0.05) is 12.5 Å². The maximum absolute atomic E-state index is 13.1. The molecule has 4 rings (SSSR count). The van der Waals surface area contributed by atoms with Crippen molar-refractivity contribution in [1.29, 1.82) is 0 Å². The van der Waals surface area contributed by atoms with Gasteiger partial charge in [0.2, 0.25) is 12.7 Å². The molecule has 0 radical (unpaired) electrons. The van der Waals surface area contributed by atoms with Gasteiger partial charge in [-0.25, -0.2) is 0 Å².